The van der Waals surface area contributed by atoms with Gasteiger partial charge in [0.15, 0.2) is 0 Å². The van der Waals surface area contributed by atoms with Crippen LogP contribution in [-0.2, 0) is 0 Å². The minimum atomic E-state index is -0.120. The first-order valence-corrected chi connectivity index (χ1v) is 4.86. The van der Waals surface area contributed by atoms with Gasteiger partial charge in [0.25, 0.3) is 0 Å². The monoisotopic (exact) mass is 184 g/mol. The quantitative estimate of drug-likeness (QED) is 0.676. The van der Waals surface area contributed by atoms with Gasteiger partial charge in [-0.2, -0.15) is 0 Å². The molecule has 2 N–H and O–H groups in total. The van der Waals surface area contributed by atoms with Crippen LogP contribution in [0.3, 0.4) is 0 Å². The summed E-state index contributed by atoms with van der Waals surface area (Å²) in [6.45, 7) is 7.03. The summed E-state index contributed by atoms with van der Waals surface area (Å²) in [5.74, 6) is 0.631. The Morgan fingerprint density at radius 2 is 2.15 bits per heavy atom. The van der Waals surface area contributed by atoms with Crippen LogP contribution in [0.2, 0.25) is 0 Å². The smallest absolute Gasteiger partial charge is 0.318 e. The lowest BCUT2D eigenvalue weighted by molar-refractivity contribution is 0.243. The molecule has 0 aromatic heterocycles. The second kappa shape index (κ2) is 7.65. The van der Waals surface area contributed by atoms with Gasteiger partial charge in [0.1, 0.15) is 0 Å². The van der Waals surface area contributed by atoms with Gasteiger partial charge in [-0.15, -0.1) is 0 Å². The molecule has 0 aromatic carbocycles. The van der Waals surface area contributed by atoms with Crippen molar-refractivity contribution in [1.82, 2.24) is 10.6 Å². The molecule has 0 aromatic rings. The molecule has 0 saturated carbocycles. The first-order chi connectivity index (χ1) is 6.16. The molecule has 0 atom stereocenters. The molecule has 0 heterocycles. The Morgan fingerprint density at radius 3 is 2.69 bits per heavy atom. The normalized spacial score (nSPS) is 10.8. The van der Waals surface area contributed by atoms with E-state index in [2.05, 4.69) is 24.5 Å². The second-order valence-electron chi connectivity index (χ2n) is 3.39. The Labute approximate surface area is 80.6 Å². The van der Waals surface area contributed by atoms with E-state index in [9.17, 15) is 4.79 Å². The maximum absolute atomic E-state index is 11.0. The molecule has 0 unspecified atom stereocenters. The summed E-state index contributed by atoms with van der Waals surface area (Å²) in [4.78, 5) is 11.0. The van der Waals surface area contributed by atoms with E-state index < -0.39 is 0 Å². The Balaban J connectivity index is 3.35. The van der Waals surface area contributed by atoms with Crippen LogP contribution in [0, 0.1) is 5.92 Å². The van der Waals surface area contributed by atoms with Gasteiger partial charge in [0, 0.05) is 12.7 Å². The summed E-state index contributed by atoms with van der Waals surface area (Å²) in [5.41, 5.74) is 0. The Hall–Kier alpha value is -0.990. The molecule has 0 aliphatic rings. The number of allylic oxidation sites excluding steroid dienone is 1. The number of urea groups is 1. The first-order valence-electron chi connectivity index (χ1n) is 4.86. The number of hydrogen-bond donors (Lipinski definition) is 2. The summed E-state index contributed by atoms with van der Waals surface area (Å²) in [5, 5.41) is 5.40. The van der Waals surface area contributed by atoms with Crippen LogP contribution in [0.5, 0.6) is 0 Å². The van der Waals surface area contributed by atoms with Crippen molar-refractivity contribution in [3.8, 4) is 0 Å². The van der Waals surface area contributed by atoms with Crippen molar-refractivity contribution in [3.05, 3.63) is 12.3 Å². The highest BCUT2D eigenvalue weighted by atomic mass is 16.2. The molecule has 0 spiro atoms. The van der Waals surface area contributed by atoms with E-state index in [1.54, 1.807) is 6.20 Å². The SMILES string of the molecule is CC/C=C/NC(=O)NCCC(C)C. The Bertz CT molecular complexity index is 164. The summed E-state index contributed by atoms with van der Waals surface area (Å²) in [6, 6.07) is -0.120. The third-order valence-electron chi connectivity index (χ3n) is 1.58. The summed E-state index contributed by atoms with van der Waals surface area (Å²) in [7, 11) is 0. The topological polar surface area (TPSA) is 41.1 Å². The predicted octanol–water partition coefficient (Wildman–Crippen LogP) is 2.26. The molecule has 13 heavy (non-hydrogen) atoms. The molecule has 2 amide bonds. The van der Waals surface area contributed by atoms with E-state index in [4.69, 9.17) is 0 Å². The van der Waals surface area contributed by atoms with Crippen LogP contribution in [-0.4, -0.2) is 12.6 Å². The van der Waals surface area contributed by atoms with Crippen LogP contribution in [0.15, 0.2) is 12.3 Å². The lowest BCUT2D eigenvalue weighted by atomic mass is 10.1. The highest BCUT2D eigenvalue weighted by Gasteiger charge is 1.97. The Morgan fingerprint density at radius 1 is 1.46 bits per heavy atom. The lowest BCUT2D eigenvalue weighted by Crippen LogP contribution is -2.33. The maximum Gasteiger partial charge on any atom is 0.318 e. The van der Waals surface area contributed by atoms with Crippen LogP contribution < -0.4 is 10.6 Å². The second-order valence-corrected chi connectivity index (χ2v) is 3.39. The lowest BCUT2D eigenvalue weighted by Gasteiger charge is -2.06. The fourth-order valence-corrected chi connectivity index (χ4v) is 0.778. The molecule has 0 rings (SSSR count). The van der Waals surface area contributed by atoms with E-state index in [1.807, 2.05) is 13.0 Å². The first kappa shape index (κ1) is 12.0. The minimum absolute atomic E-state index is 0.120. The molecule has 0 aliphatic carbocycles. The van der Waals surface area contributed by atoms with E-state index >= 15 is 0 Å². The third-order valence-corrected chi connectivity index (χ3v) is 1.58. The Kier molecular flexibility index (Phi) is 7.07. The van der Waals surface area contributed by atoms with Crippen LogP contribution in [0.4, 0.5) is 4.79 Å². The van der Waals surface area contributed by atoms with E-state index in [1.165, 1.54) is 0 Å². The number of carbonyl (C=O) groups excluding carboxylic acids is 1. The molecule has 0 fully saturated rings. The van der Waals surface area contributed by atoms with Gasteiger partial charge in [-0.3, -0.25) is 0 Å². The molecule has 0 radical (unpaired) electrons. The standard InChI is InChI=1S/C10H20N2O/c1-4-5-7-11-10(13)12-8-6-9(2)3/h5,7,9H,4,6,8H2,1-3H3,(H2,11,12,13)/b7-5+. The largest absolute Gasteiger partial charge is 0.338 e. The van der Waals surface area contributed by atoms with Crippen LogP contribution >= 0.6 is 0 Å². The number of amides is 2. The molecular weight excluding hydrogens is 164 g/mol. The van der Waals surface area contributed by atoms with Crippen molar-refractivity contribution in [2.75, 3.05) is 6.54 Å². The highest BCUT2D eigenvalue weighted by molar-refractivity contribution is 5.74. The van der Waals surface area contributed by atoms with Gasteiger partial charge in [0.05, 0.1) is 0 Å². The molecule has 0 saturated heterocycles. The zero-order chi connectivity index (χ0) is 10.1. The number of nitrogens with one attached hydrogen (secondary N) is 2. The molecular formula is C10H20N2O. The average molecular weight is 184 g/mol. The fourth-order valence-electron chi connectivity index (χ4n) is 0.778. The summed E-state index contributed by atoms with van der Waals surface area (Å²) >= 11 is 0. The average Bonchev–Trinajstić information content (AvgIpc) is 2.04. The van der Waals surface area contributed by atoms with Gasteiger partial charge in [-0.1, -0.05) is 26.8 Å². The van der Waals surface area contributed by atoms with Crippen molar-refractivity contribution in [3.63, 3.8) is 0 Å². The minimum Gasteiger partial charge on any atom is -0.338 e. The number of carbonyl (C=O) groups is 1. The maximum atomic E-state index is 11.0. The number of rotatable bonds is 5. The van der Waals surface area contributed by atoms with E-state index in [0.29, 0.717) is 5.92 Å². The van der Waals surface area contributed by atoms with E-state index in [0.717, 1.165) is 19.4 Å². The van der Waals surface area contributed by atoms with Crippen LogP contribution in [0.1, 0.15) is 33.6 Å². The van der Waals surface area contributed by atoms with Crippen molar-refractivity contribution in [2.24, 2.45) is 5.92 Å². The van der Waals surface area contributed by atoms with Gasteiger partial charge in [-0.05, 0) is 18.8 Å². The van der Waals surface area contributed by atoms with Crippen molar-refractivity contribution < 1.29 is 4.79 Å². The highest BCUT2D eigenvalue weighted by Crippen LogP contribution is 1.95. The fraction of sp³-hybridized carbons (Fsp3) is 0.700. The van der Waals surface area contributed by atoms with Crippen molar-refractivity contribution >= 4 is 6.03 Å². The van der Waals surface area contributed by atoms with Gasteiger partial charge >= 0.3 is 6.03 Å². The molecule has 0 bridgehead atoms. The van der Waals surface area contributed by atoms with Gasteiger partial charge in [0.2, 0.25) is 0 Å². The van der Waals surface area contributed by atoms with E-state index in [-0.39, 0.29) is 6.03 Å². The van der Waals surface area contributed by atoms with Crippen LogP contribution in [0.25, 0.3) is 0 Å². The molecule has 76 valence electrons. The zero-order valence-corrected chi connectivity index (χ0v) is 8.76. The predicted molar refractivity (Wildman–Crippen MR) is 55.4 cm³/mol. The zero-order valence-electron chi connectivity index (χ0n) is 8.76. The number of hydrogen-bond acceptors (Lipinski definition) is 1. The molecule has 0 aliphatic heterocycles. The van der Waals surface area contributed by atoms with Gasteiger partial charge in [-0.25, -0.2) is 4.79 Å². The van der Waals surface area contributed by atoms with Gasteiger partial charge < -0.3 is 10.6 Å². The molecule has 3 nitrogen and oxygen atoms in total. The van der Waals surface area contributed by atoms with Crippen molar-refractivity contribution in [2.45, 2.75) is 33.6 Å². The van der Waals surface area contributed by atoms with Crippen molar-refractivity contribution in [1.29, 1.82) is 0 Å². The summed E-state index contributed by atoms with van der Waals surface area (Å²) in [6.07, 6.45) is 5.53. The summed E-state index contributed by atoms with van der Waals surface area (Å²) < 4.78 is 0. The third kappa shape index (κ3) is 8.92. The molecule has 3 heteroatoms.